The second kappa shape index (κ2) is 11.4. The molecule has 0 saturated heterocycles. The van der Waals surface area contributed by atoms with Gasteiger partial charge in [-0.3, -0.25) is 9.59 Å². The number of hydrogen-bond acceptors (Lipinski definition) is 5. The van der Waals surface area contributed by atoms with Gasteiger partial charge in [-0.05, 0) is 73.9 Å². The fraction of sp³-hybridized carbons (Fsp3) is 0.182. The SMILES string of the molecule is CC(C)(C)NS(=O)(=O)c1ccccc1-c1ccc2c(c1)CN(C(C(=O)Nc1ccc(F)c(C#N)c1)c1ccccc1)C2=O. The second-order valence-corrected chi connectivity index (χ2v) is 12.9. The van der Waals surface area contributed by atoms with Crippen molar-refractivity contribution in [2.45, 2.75) is 43.8 Å². The summed E-state index contributed by atoms with van der Waals surface area (Å²) in [5.41, 5.74) is 2.01. The van der Waals surface area contributed by atoms with Crippen LogP contribution in [-0.2, 0) is 21.4 Å². The minimum Gasteiger partial charge on any atom is -0.324 e. The number of nitriles is 1. The van der Waals surface area contributed by atoms with E-state index in [1.54, 1.807) is 93.6 Å². The molecule has 0 saturated carbocycles. The molecule has 0 spiro atoms. The molecular weight excluding hydrogens is 567 g/mol. The van der Waals surface area contributed by atoms with Crippen molar-refractivity contribution in [3.05, 3.63) is 119 Å². The van der Waals surface area contributed by atoms with Crippen LogP contribution in [0.25, 0.3) is 11.1 Å². The van der Waals surface area contributed by atoms with Gasteiger partial charge in [-0.15, -0.1) is 0 Å². The van der Waals surface area contributed by atoms with Crippen LogP contribution in [-0.4, -0.2) is 30.7 Å². The summed E-state index contributed by atoms with van der Waals surface area (Å²) in [5.74, 6) is -1.60. The molecule has 1 unspecified atom stereocenters. The third kappa shape index (κ3) is 6.18. The topological polar surface area (TPSA) is 119 Å². The number of rotatable bonds is 7. The molecule has 1 heterocycles. The van der Waals surface area contributed by atoms with Crippen LogP contribution in [0.3, 0.4) is 0 Å². The Morgan fingerprint density at radius 3 is 2.35 bits per heavy atom. The van der Waals surface area contributed by atoms with Crippen molar-refractivity contribution >= 4 is 27.5 Å². The van der Waals surface area contributed by atoms with E-state index in [9.17, 15) is 27.7 Å². The summed E-state index contributed by atoms with van der Waals surface area (Å²) < 4.78 is 43.1. The van der Waals surface area contributed by atoms with E-state index in [-0.39, 0.29) is 28.6 Å². The van der Waals surface area contributed by atoms with Crippen molar-refractivity contribution in [1.29, 1.82) is 5.26 Å². The lowest BCUT2D eigenvalue weighted by molar-refractivity contribution is -0.120. The van der Waals surface area contributed by atoms with E-state index in [0.717, 1.165) is 6.07 Å². The number of benzene rings is 4. The van der Waals surface area contributed by atoms with Gasteiger partial charge in [0, 0.05) is 28.9 Å². The molecule has 1 aliphatic rings. The lowest BCUT2D eigenvalue weighted by Crippen LogP contribution is -2.40. The molecule has 10 heteroatoms. The van der Waals surface area contributed by atoms with Crippen LogP contribution in [0, 0.1) is 17.1 Å². The highest BCUT2D eigenvalue weighted by molar-refractivity contribution is 7.89. The number of carbonyl (C=O) groups excluding carboxylic acids is 2. The highest BCUT2D eigenvalue weighted by atomic mass is 32.2. The van der Waals surface area contributed by atoms with Crippen molar-refractivity contribution in [2.75, 3.05) is 5.32 Å². The average molecular weight is 597 g/mol. The van der Waals surface area contributed by atoms with E-state index >= 15 is 0 Å². The maximum absolute atomic E-state index is 13.9. The van der Waals surface area contributed by atoms with Crippen LogP contribution < -0.4 is 10.0 Å². The van der Waals surface area contributed by atoms with E-state index < -0.39 is 33.3 Å². The molecule has 4 aromatic rings. The predicted molar refractivity (Wildman–Crippen MR) is 161 cm³/mol. The van der Waals surface area contributed by atoms with Gasteiger partial charge in [-0.2, -0.15) is 5.26 Å². The number of fused-ring (bicyclic) bond motifs is 1. The molecule has 0 aromatic heterocycles. The number of anilines is 1. The molecule has 218 valence electrons. The Bertz CT molecular complexity index is 1880. The number of carbonyl (C=O) groups is 2. The number of halogens is 1. The van der Waals surface area contributed by atoms with Gasteiger partial charge in [0.25, 0.3) is 11.8 Å². The lowest BCUT2D eigenvalue weighted by Gasteiger charge is -2.27. The molecule has 0 fully saturated rings. The second-order valence-electron chi connectivity index (χ2n) is 11.3. The normalized spacial score (nSPS) is 13.7. The fourth-order valence-electron chi connectivity index (χ4n) is 5.12. The molecule has 8 nitrogen and oxygen atoms in total. The lowest BCUT2D eigenvalue weighted by atomic mass is 10.0. The maximum Gasteiger partial charge on any atom is 0.255 e. The quantitative estimate of drug-likeness (QED) is 0.281. The van der Waals surface area contributed by atoms with Gasteiger partial charge in [-0.25, -0.2) is 17.5 Å². The Balaban J connectivity index is 1.50. The smallest absolute Gasteiger partial charge is 0.255 e. The third-order valence-electron chi connectivity index (χ3n) is 6.90. The highest BCUT2D eigenvalue weighted by Gasteiger charge is 2.38. The molecular formula is C33H29FN4O4S. The van der Waals surface area contributed by atoms with Gasteiger partial charge < -0.3 is 10.2 Å². The Morgan fingerprint density at radius 1 is 0.953 bits per heavy atom. The number of sulfonamides is 1. The van der Waals surface area contributed by atoms with E-state index in [1.807, 2.05) is 0 Å². The zero-order chi connectivity index (χ0) is 30.9. The molecule has 5 rings (SSSR count). The van der Waals surface area contributed by atoms with Gasteiger partial charge >= 0.3 is 0 Å². The van der Waals surface area contributed by atoms with Gasteiger partial charge in [0.05, 0.1) is 10.5 Å². The van der Waals surface area contributed by atoms with Crippen LogP contribution >= 0.6 is 0 Å². The van der Waals surface area contributed by atoms with Crippen LogP contribution in [0.15, 0.2) is 95.9 Å². The van der Waals surface area contributed by atoms with Crippen molar-refractivity contribution in [2.24, 2.45) is 0 Å². The molecule has 2 N–H and O–H groups in total. The average Bonchev–Trinajstić information content (AvgIpc) is 3.28. The summed E-state index contributed by atoms with van der Waals surface area (Å²) in [6, 6.07) is 25.0. The molecule has 1 aliphatic heterocycles. The third-order valence-corrected chi connectivity index (χ3v) is 8.71. The molecule has 0 bridgehead atoms. The molecule has 0 aliphatic carbocycles. The molecule has 4 aromatic carbocycles. The summed E-state index contributed by atoms with van der Waals surface area (Å²) in [6.07, 6.45) is 0. The first kappa shape index (κ1) is 29.6. The van der Waals surface area contributed by atoms with Crippen molar-refractivity contribution in [1.82, 2.24) is 9.62 Å². The van der Waals surface area contributed by atoms with Crippen LogP contribution in [0.5, 0.6) is 0 Å². The van der Waals surface area contributed by atoms with Crippen LogP contribution in [0.1, 0.15) is 53.9 Å². The molecule has 2 amide bonds. The van der Waals surface area contributed by atoms with E-state index in [0.29, 0.717) is 27.8 Å². The Kier molecular flexibility index (Phi) is 7.88. The predicted octanol–water partition coefficient (Wildman–Crippen LogP) is 5.78. The fourth-order valence-corrected chi connectivity index (χ4v) is 6.77. The van der Waals surface area contributed by atoms with E-state index in [2.05, 4.69) is 10.0 Å². The number of hydrogen-bond donors (Lipinski definition) is 2. The maximum atomic E-state index is 13.9. The highest BCUT2D eigenvalue weighted by Crippen LogP contribution is 2.36. The van der Waals surface area contributed by atoms with Gasteiger partial charge in [-0.1, -0.05) is 54.6 Å². The zero-order valence-corrected chi connectivity index (χ0v) is 24.6. The number of nitrogens with zero attached hydrogens (tertiary/aromatic N) is 2. The minimum absolute atomic E-state index is 0.0943. The summed E-state index contributed by atoms with van der Waals surface area (Å²) in [6.45, 7) is 5.39. The first-order chi connectivity index (χ1) is 20.4. The first-order valence-electron chi connectivity index (χ1n) is 13.5. The largest absolute Gasteiger partial charge is 0.324 e. The molecule has 0 radical (unpaired) electrons. The molecule has 43 heavy (non-hydrogen) atoms. The first-order valence-corrected chi connectivity index (χ1v) is 15.0. The summed E-state index contributed by atoms with van der Waals surface area (Å²) in [4.78, 5) is 28.9. The Morgan fingerprint density at radius 2 is 1.65 bits per heavy atom. The standard InChI is InChI=1S/C33H29FN4O4S/c1-33(2,3)37-43(41,42)29-12-8-7-11-26(29)22-13-15-27-24(17-22)20-38(32(27)40)30(21-9-5-4-6-10-21)31(39)36-25-14-16-28(34)23(18-25)19-35/h4-18,30,37H,20H2,1-3H3,(H,36,39). The Hall–Kier alpha value is -4.85. The van der Waals surface area contributed by atoms with Gasteiger partial charge in [0.2, 0.25) is 10.0 Å². The number of nitrogens with one attached hydrogen (secondary N) is 2. The van der Waals surface area contributed by atoms with E-state index in [1.165, 1.54) is 23.1 Å². The van der Waals surface area contributed by atoms with E-state index in [4.69, 9.17) is 0 Å². The molecule has 1 atom stereocenters. The zero-order valence-electron chi connectivity index (χ0n) is 23.8. The van der Waals surface area contributed by atoms with Crippen LogP contribution in [0.4, 0.5) is 10.1 Å². The van der Waals surface area contributed by atoms with Crippen molar-refractivity contribution < 1.29 is 22.4 Å². The van der Waals surface area contributed by atoms with Crippen molar-refractivity contribution in [3.63, 3.8) is 0 Å². The van der Waals surface area contributed by atoms with Crippen molar-refractivity contribution in [3.8, 4) is 17.2 Å². The van der Waals surface area contributed by atoms with Gasteiger partial charge in [0.1, 0.15) is 17.9 Å². The number of amides is 2. The summed E-state index contributed by atoms with van der Waals surface area (Å²) in [7, 11) is -3.85. The Labute approximate surface area is 249 Å². The van der Waals surface area contributed by atoms with Gasteiger partial charge in [0.15, 0.2) is 0 Å². The summed E-state index contributed by atoms with van der Waals surface area (Å²) >= 11 is 0. The monoisotopic (exact) mass is 596 g/mol. The minimum atomic E-state index is -3.85. The summed E-state index contributed by atoms with van der Waals surface area (Å²) in [5, 5.41) is 11.9. The van der Waals surface area contributed by atoms with Crippen LogP contribution in [0.2, 0.25) is 0 Å².